The van der Waals surface area contributed by atoms with Crippen LogP contribution in [-0.4, -0.2) is 31.6 Å². The molecule has 1 fully saturated rings. The van der Waals surface area contributed by atoms with Crippen molar-refractivity contribution in [2.24, 2.45) is 11.8 Å². The van der Waals surface area contributed by atoms with E-state index in [0.29, 0.717) is 5.92 Å². The van der Waals surface area contributed by atoms with E-state index in [1.807, 2.05) is 6.08 Å². The standard InChI is InChI=1S/C14H27O2P2.Y/c1-5-6-12-11(3)14(15-4)13(16-12)9-10(2)7-8-18-17;/h5,10-14,18H,1,3,6-9,17H2,2,4H3;/q-1;/t10-,11+,12+,13-,14-;/m1./s1. The zero-order chi connectivity index (χ0) is 13.5. The minimum Gasteiger partial charge on any atom is -0.381 e. The smallest absolute Gasteiger partial charge is 0.0819 e. The number of hydrogen-bond donors (Lipinski definition) is 0. The van der Waals surface area contributed by atoms with Crippen LogP contribution in [0.1, 0.15) is 26.2 Å². The van der Waals surface area contributed by atoms with Crippen LogP contribution in [0, 0.1) is 18.8 Å². The van der Waals surface area contributed by atoms with Crippen LogP contribution in [0.3, 0.4) is 0 Å². The van der Waals surface area contributed by atoms with Gasteiger partial charge in [0.05, 0.1) is 12.2 Å². The molecule has 1 radical (unpaired) electrons. The van der Waals surface area contributed by atoms with Crippen molar-refractivity contribution < 1.29 is 42.2 Å². The van der Waals surface area contributed by atoms with Gasteiger partial charge in [0.1, 0.15) is 0 Å². The number of ether oxygens (including phenoxy) is 2. The number of rotatable bonds is 8. The van der Waals surface area contributed by atoms with Crippen molar-refractivity contribution in [3.05, 3.63) is 19.6 Å². The summed E-state index contributed by atoms with van der Waals surface area (Å²) in [5.41, 5.74) is 0. The van der Waals surface area contributed by atoms with E-state index in [0.717, 1.165) is 21.1 Å². The molecule has 0 bridgehead atoms. The maximum atomic E-state index is 6.11. The quantitative estimate of drug-likeness (QED) is 0.365. The monoisotopic (exact) mass is 378 g/mol. The first kappa shape index (κ1) is 20.6. The molecule has 0 aliphatic carbocycles. The van der Waals surface area contributed by atoms with Crippen LogP contribution in [0.5, 0.6) is 0 Å². The van der Waals surface area contributed by atoms with Gasteiger partial charge in [-0.1, -0.05) is 13.0 Å². The van der Waals surface area contributed by atoms with Crippen molar-refractivity contribution in [1.29, 1.82) is 0 Å². The van der Waals surface area contributed by atoms with Crippen LogP contribution in [0.25, 0.3) is 0 Å². The molecular weight excluding hydrogens is 351 g/mol. The third-order valence-electron chi connectivity index (χ3n) is 3.70. The van der Waals surface area contributed by atoms with Crippen molar-refractivity contribution in [2.75, 3.05) is 13.3 Å². The summed E-state index contributed by atoms with van der Waals surface area (Å²) in [5.74, 6) is 0.907. The summed E-state index contributed by atoms with van der Waals surface area (Å²) in [5, 5.41) is 0. The minimum atomic E-state index is 0. The van der Waals surface area contributed by atoms with E-state index >= 15 is 0 Å². The molecule has 0 spiro atoms. The van der Waals surface area contributed by atoms with Crippen LogP contribution < -0.4 is 0 Å². The molecular formula is C14H27O2P2Y-. The second kappa shape index (κ2) is 11.2. The molecule has 0 aromatic carbocycles. The molecule has 0 aromatic heterocycles. The first-order valence-electron chi connectivity index (χ1n) is 6.69. The van der Waals surface area contributed by atoms with Gasteiger partial charge in [-0.15, -0.1) is 29.7 Å². The number of methoxy groups -OCH3 is 1. The summed E-state index contributed by atoms with van der Waals surface area (Å²) in [7, 11) is 5.55. The second-order valence-corrected chi connectivity index (χ2v) is 7.32. The Morgan fingerprint density at radius 1 is 1.53 bits per heavy atom. The maximum Gasteiger partial charge on any atom is 0.0819 e. The van der Waals surface area contributed by atoms with Gasteiger partial charge in [0, 0.05) is 45.9 Å². The van der Waals surface area contributed by atoms with Gasteiger partial charge in [-0.3, -0.25) is 0 Å². The van der Waals surface area contributed by atoms with Crippen molar-refractivity contribution in [1.82, 2.24) is 0 Å². The van der Waals surface area contributed by atoms with Gasteiger partial charge >= 0.3 is 0 Å². The molecule has 5 heteroatoms. The van der Waals surface area contributed by atoms with E-state index in [1.165, 1.54) is 12.6 Å². The molecule has 0 N–H and O–H groups in total. The third kappa shape index (κ3) is 6.50. The largest absolute Gasteiger partial charge is 0.381 e. The normalized spacial score (nSPS) is 32.4. The molecule has 0 aromatic rings. The molecule has 2 unspecified atom stereocenters. The molecule has 0 amide bonds. The fourth-order valence-corrected chi connectivity index (χ4v) is 3.80. The maximum absolute atomic E-state index is 6.11. The average Bonchev–Trinajstić information content (AvgIpc) is 2.63. The molecule has 1 aliphatic rings. The Labute approximate surface area is 148 Å². The van der Waals surface area contributed by atoms with Gasteiger partial charge in [0.25, 0.3) is 0 Å². The molecule has 19 heavy (non-hydrogen) atoms. The van der Waals surface area contributed by atoms with Crippen molar-refractivity contribution in [3.8, 4) is 0 Å². The summed E-state index contributed by atoms with van der Waals surface area (Å²) in [6.07, 6.45) is 6.93. The SMILES string of the molecule is C=CC[C@@H]1O[C@H](C[C@H](C)CCPP)[C@H](OC)[C@H]1[CH2-].[Y]. The van der Waals surface area contributed by atoms with Gasteiger partial charge in [-0.05, 0) is 31.3 Å². The van der Waals surface area contributed by atoms with E-state index in [4.69, 9.17) is 9.47 Å². The van der Waals surface area contributed by atoms with Crippen molar-refractivity contribution >= 4 is 17.2 Å². The second-order valence-electron chi connectivity index (χ2n) is 5.19. The van der Waals surface area contributed by atoms with E-state index in [-0.39, 0.29) is 56.9 Å². The Bertz CT molecular complexity index is 254. The minimum absolute atomic E-state index is 0. The first-order chi connectivity index (χ1) is 8.63. The summed E-state index contributed by atoms with van der Waals surface area (Å²) >= 11 is 0. The summed E-state index contributed by atoms with van der Waals surface area (Å²) in [6.45, 7) is 10.3. The van der Waals surface area contributed by atoms with Gasteiger partial charge < -0.3 is 16.4 Å². The van der Waals surface area contributed by atoms with Crippen LogP contribution in [0.4, 0.5) is 0 Å². The van der Waals surface area contributed by atoms with Crippen molar-refractivity contribution in [2.45, 2.75) is 44.5 Å². The molecule has 1 heterocycles. The zero-order valence-electron chi connectivity index (χ0n) is 12.2. The Morgan fingerprint density at radius 2 is 2.21 bits per heavy atom. The molecule has 1 rings (SSSR count). The van der Waals surface area contributed by atoms with Crippen LogP contribution in [0.2, 0.25) is 0 Å². The fraction of sp³-hybridized carbons (Fsp3) is 0.786. The van der Waals surface area contributed by atoms with Gasteiger partial charge in [-0.2, -0.15) is 0 Å². The summed E-state index contributed by atoms with van der Waals surface area (Å²) in [4.78, 5) is 0. The van der Waals surface area contributed by atoms with Gasteiger partial charge in [0.15, 0.2) is 0 Å². The Morgan fingerprint density at radius 3 is 2.74 bits per heavy atom. The van der Waals surface area contributed by atoms with Crippen LogP contribution in [0.15, 0.2) is 12.7 Å². The predicted octanol–water partition coefficient (Wildman–Crippen LogP) is 3.68. The topological polar surface area (TPSA) is 18.5 Å². The van der Waals surface area contributed by atoms with E-state index < -0.39 is 0 Å². The van der Waals surface area contributed by atoms with Gasteiger partial charge in [-0.25, -0.2) is 0 Å². The average molecular weight is 378 g/mol. The Balaban J connectivity index is 0.00000324. The van der Waals surface area contributed by atoms with Crippen LogP contribution in [-0.2, 0) is 42.2 Å². The van der Waals surface area contributed by atoms with Crippen LogP contribution >= 0.6 is 17.2 Å². The van der Waals surface area contributed by atoms with E-state index in [9.17, 15) is 0 Å². The molecule has 109 valence electrons. The summed E-state index contributed by atoms with van der Waals surface area (Å²) < 4.78 is 11.7. The van der Waals surface area contributed by atoms with E-state index in [2.05, 4.69) is 29.4 Å². The van der Waals surface area contributed by atoms with E-state index in [1.54, 1.807) is 7.11 Å². The third-order valence-corrected chi connectivity index (χ3v) is 5.15. The predicted molar refractivity (Wildman–Crippen MR) is 84.4 cm³/mol. The van der Waals surface area contributed by atoms with Crippen molar-refractivity contribution in [3.63, 3.8) is 0 Å². The number of hydrogen-bond acceptors (Lipinski definition) is 2. The Hall–Kier alpha value is 1.62. The summed E-state index contributed by atoms with van der Waals surface area (Å²) in [6, 6.07) is 0. The molecule has 1 saturated heterocycles. The molecule has 0 saturated carbocycles. The molecule has 2 nitrogen and oxygen atoms in total. The molecule has 1 aliphatic heterocycles. The first-order valence-corrected chi connectivity index (χ1v) is 9.71. The Kier molecular flexibility index (Phi) is 12.2. The fourth-order valence-electron chi connectivity index (χ4n) is 2.65. The van der Waals surface area contributed by atoms with Gasteiger partial charge in [0.2, 0.25) is 0 Å². The zero-order valence-corrected chi connectivity index (χ0v) is 17.2. The molecule has 7 atom stereocenters.